The minimum atomic E-state index is -2.52. The Kier molecular flexibility index (Phi) is 3.57. The molecule has 7 rings (SSSR count). The first-order valence-electron chi connectivity index (χ1n) is 12.4. The molecular formula is C24H23N9O2. The van der Waals surface area contributed by atoms with Gasteiger partial charge in [0.2, 0.25) is 5.91 Å². The van der Waals surface area contributed by atoms with Gasteiger partial charge in [0.05, 0.1) is 34.1 Å². The third kappa shape index (κ3) is 2.97. The number of nitrogens with zero attached hydrogens (tertiary/aromatic N) is 4. The maximum Gasteiger partial charge on any atom is 0.269 e. The van der Waals surface area contributed by atoms with Gasteiger partial charge in [-0.25, -0.2) is 15.0 Å². The number of pyridine rings is 1. The maximum absolute atomic E-state index is 12.4. The number of carbonyl (C=O) groups excluding carboxylic acids is 2. The molecule has 3 heterocycles. The number of carbonyl (C=O) groups is 2. The van der Waals surface area contributed by atoms with E-state index < -0.39 is 18.2 Å². The molecule has 0 saturated heterocycles. The first-order chi connectivity index (χ1) is 17.9. The van der Waals surface area contributed by atoms with E-state index in [0.29, 0.717) is 41.5 Å². The van der Waals surface area contributed by atoms with E-state index in [-0.39, 0.29) is 45.5 Å². The number of hydrogen-bond donors (Lipinski definition) is 5. The summed E-state index contributed by atoms with van der Waals surface area (Å²) in [4.78, 5) is 37.6. The number of fused-ring (bicyclic) bond motifs is 1. The van der Waals surface area contributed by atoms with Crippen LogP contribution in [0.1, 0.15) is 39.4 Å². The van der Waals surface area contributed by atoms with Gasteiger partial charge in [-0.15, -0.1) is 0 Å². The van der Waals surface area contributed by atoms with Crippen LogP contribution in [-0.2, 0) is 4.79 Å². The van der Waals surface area contributed by atoms with Gasteiger partial charge in [-0.3, -0.25) is 14.7 Å². The second-order valence-electron chi connectivity index (χ2n) is 9.32. The first-order valence-corrected chi connectivity index (χ1v) is 10.9. The fraction of sp³-hybridized carbons (Fsp3) is 0.250. The van der Waals surface area contributed by atoms with Crippen LogP contribution in [0, 0.1) is 12.3 Å². The van der Waals surface area contributed by atoms with Gasteiger partial charge < -0.3 is 22.5 Å². The number of H-pyrrole nitrogens is 1. The average Bonchev–Trinajstić information content (AvgIpc) is 3.28. The fourth-order valence-electron chi connectivity index (χ4n) is 5.36. The van der Waals surface area contributed by atoms with E-state index in [9.17, 15) is 9.59 Å². The Labute approximate surface area is 203 Å². The topological polar surface area (TPSA) is 192 Å². The van der Waals surface area contributed by atoms with E-state index in [1.165, 1.54) is 12.3 Å². The predicted octanol–water partition coefficient (Wildman–Crippen LogP) is 1.89. The van der Waals surface area contributed by atoms with E-state index in [4.69, 9.17) is 21.3 Å². The molecular weight excluding hydrogens is 446 g/mol. The van der Waals surface area contributed by atoms with Gasteiger partial charge in [0.1, 0.15) is 5.82 Å². The molecule has 4 aromatic rings. The predicted molar refractivity (Wildman–Crippen MR) is 130 cm³/mol. The van der Waals surface area contributed by atoms with E-state index in [2.05, 4.69) is 30.5 Å². The summed E-state index contributed by atoms with van der Waals surface area (Å²) in [5.74, 6) is -0.692. The molecule has 3 fully saturated rings. The standard InChI is InChI=1S/C24H23N9O2/c1-11-4-5-14-13(7-29-33-14)15(11)17-16(25)18(19(26)34)31-21(30-17)12-3-2-6-28-20(12)32-24-8-23(9-24,10-24)22(27)35/h2-7H,8-10,25H2,1H3,(H2,26,34)(H2,27,35)(H,28,32)(H,29,33)/i1D3. The molecule has 35 heavy (non-hydrogen) atoms. The zero-order valence-electron chi connectivity index (χ0n) is 21.4. The van der Waals surface area contributed by atoms with Crippen molar-refractivity contribution in [1.82, 2.24) is 25.1 Å². The van der Waals surface area contributed by atoms with Crippen molar-refractivity contribution in [2.24, 2.45) is 16.9 Å². The monoisotopic (exact) mass is 472 g/mol. The van der Waals surface area contributed by atoms with Crippen LogP contribution < -0.4 is 22.5 Å². The summed E-state index contributed by atoms with van der Waals surface area (Å²) in [5, 5.41) is 10.7. The lowest BCUT2D eigenvalue weighted by atomic mass is 9.39. The number of aromatic amines is 1. The van der Waals surface area contributed by atoms with Crippen molar-refractivity contribution in [3.05, 3.63) is 47.9 Å². The third-order valence-electron chi connectivity index (χ3n) is 7.03. The van der Waals surface area contributed by atoms with Crippen LogP contribution in [0.5, 0.6) is 0 Å². The summed E-state index contributed by atoms with van der Waals surface area (Å²) in [6, 6.07) is 6.45. The quantitative estimate of drug-likeness (QED) is 0.281. The average molecular weight is 473 g/mol. The molecule has 176 valence electrons. The van der Waals surface area contributed by atoms with Gasteiger partial charge in [0.25, 0.3) is 5.91 Å². The van der Waals surface area contributed by atoms with Gasteiger partial charge >= 0.3 is 0 Å². The number of hydrogen-bond acceptors (Lipinski definition) is 8. The molecule has 0 spiro atoms. The van der Waals surface area contributed by atoms with Gasteiger partial charge in [0.15, 0.2) is 11.5 Å². The van der Waals surface area contributed by atoms with Crippen LogP contribution in [0.3, 0.4) is 0 Å². The van der Waals surface area contributed by atoms with Crippen molar-refractivity contribution in [2.75, 3.05) is 11.1 Å². The molecule has 1 aromatic carbocycles. The van der Waals surface area contributed by atoms with E-state index in [1.54, 1.807) is 24.4 Å². The minimum absolute atomic E-state index is 0.0201. The summed E-state index contributed by atoms with van der Waals surface area (Å²) in [6.45, 7) is -2.52. The van der Waals surface area contributed by atoms with Gasteiger partial charge in [0, 0.05) is 26.8 Å². The molecule has 0 unspecified atom stereocenters. The Balaban J connectivity index is 1.52. The lowest BCUT2D eigenvalue weighted by Gasteiger charge is -2.68. The van der Waals surface area contributed by atoms with Crippen LogP contribution in [0.15, 0.2) is 36.7 Å². The molecule has 8 N–H and O–H groups in total. The molecule has 0 radical (unpaired) electrons. The minimum Gasteiger partial charge on any atom is -0.395 e. The molecule has 3 aliphatic rings. The smallest absolute Gasteiger partial charge is 0.269 e. The number of aromatic nitrogens is 5. The number of anilines is 2. The lowest BCUT2D eigenvalue weighted by Crippen LogP contribution is -2.74. The number of aryl methyl sites for hydroxylation is 1. The maximum atomic E-state index is 12.4. The first kappa shape index (κ1) is 17.9. The highest BCUT2D eigenvalue weighted by atomic mass is 16.1. The third-order valence-corrected chi connectivity index (χ3v) is 7.03. The van der Waals surface area contributed by atoms with Crippen molar-refractivity contribution in [1.29, 1.82) is 0 Å². The van der Waals surface area contributed by atoms with Crippen molar-refractivity contribution in [3.8, 4) is 22.6 Å². The van der Waals surface area contributed by atoms with Crippen LogP contribution in [0.25, 0.3) is 33.5 Å². The molecule has 3 saturated carbocycles. The summed E-state index contributed by atoms with van der Waals surface area (Å²) >= 11 is 0. The highest BCUT2D eigenvalue weighted by molar-refractivity contribution is 6.04. The number of nitrogens with two attached hydrogens (primary N) is 3. The Bertz CT molecular complexity index is 1640. The largest absolute Gasteiger partial charge is 0.395 e. The second kappa shape index (κ2) is 6.98. The Morgan fingerprint density at radius 1 is 1.17 bits per heavy atom. The molecule has 0 aliphatic heterocycles. The van der Waals surface area contributed by atoms with Crippen LogP contribution in [0.4, 0.5) is 11.5 Å². The Morgan fingerprint density at radius 3 is 2.69 bits per heavy atom. The number of amides is 2. The van der Waals surface area contributed by atoms with Crippen molar-refractivity contribution >= 4 is 34.2 Å². The number of primary amides is 2. The fourth-order valence-corrected chi connectivity index (χ4v) is 5.36. The molecule has 0 atom stereocenters. The number of nitrogens with one attached hydrogen (secondary N) is 2. The summed E-state index contributed by atoms with van der Waals surface area (Å²) in [7, 11) is 0. The van der Waals surface area contributed by atoms with E-state index in [1.807, 2.05) is 0 Å². The zero-order valence-corrected chi connectivity index (χ0v) is 18.4. The van der Waals surface area contributed by atoms with Gasteiger partial charge in [-0.05, 0) is 49.9 Å². The second-order valence-corrected chi connectivity index (χ2v) is 9.32. The zero-order chi connectivity index (χ0) is 27.0. The summed E-state index contributed by atoms with van der Waals surface area (Å²) in [6.07, 6.45) is 4.84. The summed E-state index contributed by atoms with van der Waals surface area (Å²) in [5.41, 5.74) is 17.5. The molecule has 11 heteroatoms. The molecule has 3 aliphatic carbocycles. The van der Waals surface area contributed by atoms with Crippen molar-refractivity contribution in [3.63, 3.8) is 0 Å². The molecule has 11 nitrogen and oxygen atoms in total. The van der Waals surface area contributed by atoms with Crippen molar-refractivity contribution < 1.29 is 13.7 Å². The molecule has 2 amide bonds. The van der Waals surface area contributed by atoms with E-state index in [0.717, 1.165) is 0 Å². The molecule has 3 aromatic heterocycles. The SMILES string of the molecule is [2H]C([2H])([2H])c1ccc2[nH]ncc2c1-c1nc(-c2cccnc2NC23CC(C(N)=O)(C2)C3)nc(C(N)=O)c1N. The molecule has 2 bridgehead atoms. The van der Waals surface area contributed by atoms with Gasteiger partial charge in [-0.2, -0.15) is 5.10 Å². The summed E-state index contributed by atoms with van der Waals surface area (Å²) < 4.78 is 24.3. The Morgan fingerprint density at radius 2 is 1.97 bits per heavy atom. The number of nitrogen functional groups attached to an aromatic ring is 1. The van der Waals surface area contributed by atoms with Crippen LogP contribution in [-0.4, -0.2) is 42.5 Å². The van der Waals surface area contributed by atoms with Crippen LogP contribution >= 0.6 is 0 Å². The normalized spacial score (nSPS) is 23.9. The van der Waals surface area contributed by atoms with E-state index >= 15 is 0 Å². The Hall–Kier alpha value is -4.54. The highest BCUT2D eigenvalue weighted by Crippen LogP contribution is 2.68. The van der Waals surface area contributed by atoms with Crippen LogP contribution in [0.2, 0.25) is 0 Å². The van der Waals surface area contributed by atoms with Gasteiger partial charge in [-0.1, -0.05) is 6.07 Å². The lowest BCUT2D eigenvalue weighted by molar-refractivity contribution is -0.164. The van der Waals surface area contributed by atoms with Crippen molar-refractivity contribution in [2.45, 2.75) is 31.7 Å². The number of benzene rings is 1. The number of rotatable bonds is 6. The highest BCUT2D eigenvalue weighted by Gasteiger charge is 2.71.